The molecule has 0 aliphatic carbocycles. The third-order valence-corrected chi connectivity index (χ3v) is 6.96. The molecule has 0 radical (unpaired) electrons. The van der Waals surface area contributed by atoms with Crippen LogP contribution in [0.15, 0.2) is 82.2 Å². The molecule has 0 spiro atoms. The Balaban J connectivity index is 1.26. The van der Waals surface area contributed by atoms with Crippen LogP contribution in [0, 0.1) is 0 Å². The van der Waals surface area contributed by atoms with Gasteiger partial charge in [0.2, 0.25) is 6.17 Å². The average molecular weight is 543 g/mol. The third kappa shape index (κ3) is 5.23. The van der Waals surface area contributed by atoms with Gasteiger partial charge in [-0.1, -0.05) is 65.2 Å². The quantitative estimate of drug-likeness (QED) is 0.356. The summed E-state index contributed by atoms with van der Waals surface area (Å²) in [5.41, 5.74) is 4.66. The number of nitrogens with zero attached hydrogens (tertiary/aromatic N) is 4. The number of anilines is 3. The number of benzene rings is 3. The molecule has 3 heterocycles. The maximum Gasteiger partial charge on any atom is 0.317 e. The zero-order chi connectivity index (χ0) is 26.9. The normalized spacial score (nSPS) is 21.0. The van der Waals surface area contributed by atoms with E-state index < -0.39 is 6.17 Å². The van der Waals surface area contributed by atoms with Gasteiger partial charge in [-0.3, -0.25) is 4.79 Å². The topological polar surface area (TPSA) is 105 Å². The van der Waals surface area contributed by atoms with Gasteiger partial charge in [-0.2, -0.15) is 0 Å². The molecule has 9 nitrogen and oxygen atoms in total. The Morgan fingerprint density at radius 3 is 2.46 bits per heavy atom. The molecule has 2 N–H and O–H groups in total. The van der Waals surface area contributed by atoms with Crippen LogP contribution in [-0.2, 0) is 9.53 Å². The highest BCUT2D eigenvalue weighted by Gasteiger charge is 2.28. The second kappa shape index (κ2) is 10.5. The van der Waals surface area contributed by atoms with E-state index in [-0.39, 0.29) is 30.0 Å². The molecule has 3 aromatic carbocycles. The van der Waals surface area contributed by atoms with Crippen LogP contribution in [0.1, 0.15) is 25.0 Å². The first-order chi connectivity index (χ1) is 18.9. The molecule has 0 saturated carbocycles. The van der Waals surface area contributed by atoms with Gasteiger partial charge in [-0.15, -0.1) is 5.10 Å². The molecule has 0 bridgehead atoms. The van der Waals surface area contributed by atoms with Gasteiger partial charge in [0.05, 0.1) is 34.2 Å². The molecule has 39 heavy (non-hydrogen) atoms. The van der Waals surface area contributed by atoms with E-state index in [4.69, 9.17) is 25.7 Å². The minimum absolute atomic E-state index is 0.0586. The number of amides is 1. The van der Waals surface area contributed by atoms with Crippen LogP contribution in [0.4, 0.5) is 17.4 Å². The van der Waals surface area contributed by atoms with Gasteiger partial charge in [0.25, 0.3) is 11.8 Å². The Kier molecular flexibility index (Phi) is 6.76. The highest BCUT2D eigenvalue weighted by Crippen LogP contribution is 2.33. The first-order valence-corrected chi connectivity index (χ1v) is 13.2. The fraction of sp³-hybridized carbons (Fsp3) is 0.241. The van der Waals surface area contributed by atoms with E-state index in [0.29, 0.717) is 22.0 Å². The molecular weight excluding hydrogens is 516 g/mol. The number of rotatable bonds is 5. The number of ether oxygens (including phenoxy) is 1. The summed E-state index contributed by atoms with van der Waals surface area (Å²) in [5, 5.41) is 14.7. The summed E-state index contributed by atoms with van der Waals surface area (Å²) in [6.45, 7) is 5.69. The van der Waals surface area contributed by atoms with Gasteiger partial charge in [-0.05, 0) is 38.1 Å². The second-order valence-corrected chi connectivity index (χ2v) is 10.1. The Bertz CT molecular complexity index is 1530. The number of para-hydroxylation sites is 1. The summed E-state index contributed by atoms with van der Waals surface area (Å²) in [6.07, 6.45) is -0.726. The highest BCUT2D eigenvalue weighted by molar-refractivity contribution is 6.33. The molecular formula is C29H27ClN6O3. The largest absolute Gasteiger partial charge is 0.403 e. The monoisotopic (exact) mass is 542 g/mol. The van der Waals surface area contributed by atoms with Crippen LogP contribution in [0.5, 0.6) is 0 Å². The highest BCUT2D eigenvalue weighted by atomic mass is 35.5. The number of carbonyl (C=O) groups is 1. The van der Waals surface area contributed by atoms with Crippen molar-refractivity contribution in [3.63, 3.8) is 0 Å². The van der Waals surface area contributed by atoms with Crippen molar-refractivity contribution in [2.24, 2.45) is 4.99 Å². The molecule has 2 aliphatic heterocycles. The maximum absolute atomic E-state index is 13.1. The molecule has 3 atom stereocenters. The van der Waals surface area contributed by atoms with Crippen molar-refractivity contribution in [2.75, 3.05) is 28.6 Å². The number of halogens is 1. The van der Waals surface area contributed by atoms with Crippen LogP contribution >= 0.6 is 11.6 Å². The minimum Gasteiger partial charge on any atom is -0.403 e. The van der Waals surface area contributed by atoms with Gasteiger partial charge in [-0.25, -0.2) is 4.99 Å². The molecule has 198 valence electrons. The number of carbonyl (C=O) groups excluding carboxylic acids is 1. The standard InChI is InChI=1S/C29H27ClN6O3/c1-17-15-36(16-18(2)38-17)20-12-13-21(23(30)14-20)28-34-35-29(39-28)33-26-27(37)31-24-11-7-6-10-22(24)25(32-26)19-8-4-3-5-9-19/h3-14,17-18,26H,15-16H2,1-2H3,(H,31,37)(H,33,35). The zero-order valence-electron chi connectivity index (χ0n) is 21.5. The van der Waals surface area contributed by atoms with E-state index in [1.54, 1.807) is 0 Å². The number of aromatic nitrogens is 2. The first kappa shape index (κ1) is 25.1. The molecule has 1 aromatic heterocycles. The lowest BCUT2D eigenvalue weighted by Crippen LogP contribution is -2.45. The second-order valence-electron chi connectivity index (χ2n) is 9.66. The molecule has 4 aromatic rings. The lowest BCUT2D eigenvalue weighted by atomic mass is 10.0. The van der Waals surface area contributed by atoms with Crippen molar-refractivity contribution in [3.8, 4) is 11.5 Å². The summed E-state index contributed by atoms with van der Waals surface area (Å²) in [5.74, 6) is -0.105. The van der Waals surface area contributed by atoms with E-state index in [9.17, 15) is 4.79 Å². The van der Waals surface area contributed by atoms with Crippen molar-refractivity contribution in [1.29, 1.82) is 0 Å². The Morgan fingerprint density at radius 2 is 1.69 bits per heavy atom. The SMILES string of the molecule is CC1CN(c2ccc(-c3nnc(NC4N=C(c5ccccc5)c5ccccc5NC4=O)o3)c(Cl)c2)CC(C)O1. The summed E-state index contributed by atoms with van der Waals surface area (Å²) in [7, 11) is 0. The summed E-state index contributed by atoms with van der Waals surface area (Å²) < 4.78 is 11.7. The number of nitrogens with one attached hydrogen (secondary N) is 2. The van der Waals surface area contributed by atoms with E-state index in [2.05, 4.69) is 39.6 Å². The van der Waals surface area contributed by atoms with Crippen molar-refractivity contribution in [1.82, 2.24) is 10.2 Å². The molecule has 1 amide bonds. The number of hydrogen-bond acceptors (Lipinski definition) is 8. The van der Waals surface area contributed by atoms with Crippen molar-refractivity contribution >= 4 is 40.6 Å². The van der Waals surface area contributed by atoms with Gasteiger partial charge >= 0.3 is 6.01 Å². The lowest BCUT2D eigenvalue weighted by Gasteiger charge is -2.37. The number of hydrogen-bond donors (Lipinski definition) is 2. The van der Waals surface area contributed by atoms with Crippen LogP contribution in [-0.4, -0.2) is 53.3 Å². The molecule has 3 unspecified atom stereocenters. The van der Waals surface area contributed by atoms with E-state index in [1.165, 1.54) is 0 Å². The van der Waals surface area contributed by atoms with Crippen molar-refractivity contribution in [3.05, 3.63) is 88.9 Å². The summed E-state index contributed by atoms with van der Waals surface area (Å²) >= 11 is 6.65. The molecule has 2 aliphatic rings. The fourth-order valence-electron chi connectivity index (χ4n) is 4.95. The summed E-state index contributed by atoms with van der Waals surface area (Å²) in [4.78, 5) is 20.1. The van der Waals surface area contributed by atoms with E-state index in [0.717, 1.165) is 29.9 Å². The minimum atomic E-state index is -0.996. The van der Waals surface area contributed by atoms with E-state index >= 15 is 0 Å². The Morgan fingerprint density at radius 1 is 0.949 bits per heavy atom. The molecule has 10 heteroatoms. The van der Waals surface area contributed by atoms with Crippen LogP contribution < -0.4 is 15.5 Å². The van der Waals surface area contributed by atoms with Crippen molar-refractivity contribution < 1.29 is 13.9 Å². The predicted molar refractivity (Wildman–Crippen MR) is 152 cm³/mol. The van der Waals surface area contributed by atoms with Crippen LogP contribution in [0.2, 0.25) is 5.02 Å². The van der Waals surface area contributed by atoms with Crippen LogP contribution in [0.25, 0.3) is 11.5 Å². The Labute approximate surface area is 230 Å². The predicted octanol–water partition coefficient (Wildman–Crippen LogP) is 5.23. The average Bonchev–Trinajstić information content (AvgIpc) is 3.34. The Hall–Kier alpha value is -4.21. The van der Waals surface area contributed by atoms with Gasteiger partial charge < -0.3 is 24.7 Å². The van der Waals surface area contributed by atoms with Gasteiger partial charge in [0.1, 0.15) is 0 Å². The first-order valence-electron chi connectivity index (χ1n) is 12.8. The molecule has 1 saturated heterocycles. The van der Waals surface area contributed by atoms with E-state index in [1.807, 2.05) is 72.8 Å². The third-order valence-electron chi connectivity index (χ3n) is 6.65. The lowest BCUT2D eigenvalue weighted by molar-refractivity contribution is -0.116. The number of morpholine rings is 1. The van der Waals surface area contributed by atoms with Crippen molar-refractivity contribution in [2.45, 2.75) is 32.2 Å². The maximum atomic E-state index is 13.1. The molecule has 6 rings (SSSR count). The molecule has 1 fully saturated rings. The zero-order valence-corrected chi connectivity index (χ0v) is 22.2. The number of aliphatic imine (C=N–C) groups is 1. The van der Waals surface area contributed by atoms with Crippen LogP contribution in [0.3, 0.4) is 0 Å². The van der Waals surface area contributed by atoms with Gasteiger partial charge in [0, 0.05) is 29.9 Å². The smallest absolute Gasteiger partial charge is 0.317 e. The number of fused-ring (bicyclic) bond motifs is 1. The summed E-state index contributed by atoms with van der Waals surface area (Å²) in [6, 6.07) is 23.1. The fourth-order valence-corrected chi connectivity index (χ4v) is 5.21. The van der Waals surface area contributed by atoms with Gasteiger partial charge in [0.15, 0.2) is 0 Å². The number of benzodiazepines with no additional fused rings is 1.